The monoisotopic (exact) mass is 517 g/mol. The standard InChI is InChI=1S/C25H31N3O9/c1-27(2)13-8-11(24(35)37-5)18(29)15-10(13)6-9-7-12-17(28(3)4)20(31)16(23(26)34)22(33)25(12,36)21(32)14(9)19(15)30/h8-9,12,14,16-17,20,29,31,36H,6-7H2,1-5H3,(H2,26,34)/t9-,12-,14?,16?,17?,20?,25-/m1/s1. The molecule has 1 aromatic rings. The first-order valence-electron chi connectivity index (χ1n) is 11.8. The zero-order chi connectivity index (χ0) is 27.7. The first kappa shape index (κ1) is 26.7. The van der Waals surface area contributed by atoms with Crippen molar-refractivity contribution >= 4 is 34.9 Å². The summed E-state index contributed by atoms with van der Waals surface area (Å²) in [5.74, 6) is -11.1. The number of rotatable bonds is 4. The third-order valence-electron chi connectivity index (χ3n) is 8.15. The molecule has 0 aliphatic heterocycles. The molecular weight excluding hydrogens is 486 g/mol. The van der Waals surface area contributed by atoms with Gasteiger partial charge in [-0.05, 0) is 44.5 Å². The fraction of sp³-hybridized carbons (Fsp3) is 0.560. The molecule has 3 aliphatic rings. The lowest BCUT2D eigenvalue weighted by Gasteiger charge is -2.55. The molecule has 12 nitrogen and oxygen atoms in total. The molecule has 3 aliphatic carbocycles. The van der Waals surface area contributed by atoms with Crippen molar-refractivity contribution in [2.24, 2.45) is 29.4 Å². The van der Waals surface area contributed by atoms with Crippen molar-refractivity contribution < 1.29 is 44.0 Å². The van der Waals surface area contributed by atoms with Gasteiger partial charge >= 0.3 is 5.97 Å². The van der Waals surface area contributed by atoms with E-state index in [1.165, 1.54) is 11.0 Å². The number of phenolic OH excluding ortho intramolecular Hbond substituents is 1. The molecule has 4 unspecified atom stereocenters. The minimum absolute atomic E-state index is 0.00159. The van der Waals surface area contributed by atoms with Crippen molar-refractivity contribution in [3.05, 3.63) is 22.8 Å². The molecule has 2 saturated carbocycles. The van der Waals surface area contributed by atoms with Crippen LogP contribution in [0.2, 0.25) is 0 Å². The van der Waals surface area contributed by atoms with Crippen LogP contribution in [0.15, 0.2) is 6.07 Å². The summed E-state index contributed by atoms with van der Waals surface area (Å²) in [6, 6.07) is 0.424. The summed E-state index contributed by atoms with van der Waals surface area (Å²) in [5, 5.41) is 33.5. The number of benzene rings is 1. The predicted molar refractivity (Wildman–Crippen MR) is 128 cm³/mol. The topological polar surface area (TPSA) is 188 Å². The average Bonchev–Trinajstić information content (AvgIpc) is 2.80. The molecule has 7 atom stereocenters. The number of ketones is 3. The second kappa shape index (κ2) is 8.89. The number of carbonyl (C=O) groups excluding carboxylic acids is 5. The van der Waals surface area contributed by atoms with E-state index < -0.39 is 76.4 Å². The number of aromatic hydroxyl groups is 1. The smallest absolute Gasteiger partial charge is 0.341 e. The van der Waals surface area contributed by atoms with Crippen molar-refractivity contribution in [2.45, 2.75) is 30.6 Å². The van der Waals surface area contributed by atoms with Gasteiger partial charge < -0.3 is 35.6 Å². The number of likely N-dealkylation sites (N-methyl/N-ethyl adjacent to an activating group) is 1. The minimum Gasteiger partial charge on any atom is -0.506 e. The quantitative estimate of drug-likeness (QED) is 0.269. The van der Waals surface area contributed by atoms with E-state index in [0.29, 0.717) is 11.3 Å². The van der Waals surface area contributed by atoms with Gasteiger partial charge in [-0.15, -0.1) is 0 Å². The molecule has 0 heterocycles. The van der Waals surface area contributed by atoms with Crippen LogP contribution in [0.1, 0.15) is 32.7 Å². The molecule has 0 bridgehead atoms. The van der Waals surface area contributed by atoms with E-state index in [2.05, 4.69) is 0 Å². The Morgan fingerprint density at radius 3 is 2.27 bits per heavy atom. The Morgan fingerprint density at radius 2 is 1.76 bits per heavy atom. The summed E-state index contributed by atoms with van der Waals surface area (Å²) in [4.78, 5) is 68.6. The molecule has 0 spiro atoms. The molecule has 0 aromatic heterocycles. The van der Waals surface area contributed by atoms with Gasteiger partial charge in [0.1, 0.15) is 17.2 Å². The van der Waals surface area contributed by atoms with Crippen LogP contribution in [0.3, 0.4) is 0 Å². The Kier molecular flexibility index (Phi) is 6.42. The Hall–Kier alpha value is -3.35. The Morgan fingerprint density at radius 1 is 1.14 bits per heavy atom. The highest BCUT2D eigenvalue weighted by Crippen LogP contribution is 2.52. The molecule has 2 fully saturated rings. The van der Waals surface area contributed by atoms with Crippen LogP contribution in [0.25, 0.3) is 0 Å². The molecule has 0 radical (unpaired) electrons. The average molecular weight is 518 g/mol. The minimum atomic E-state index is -2.75. The fourth-order valence-electron chi connectivity index (χ4n) is 6.53. The number of nitrogens with zero attached hydrogens (tertiary/aromatic N) is 2. The van der Waals surface area contributed by atoms with Crippen LogP contribution in [-0.4, -0.2) is 102 Å². The van der Waals surface area contributed by atoms with Gasteiger partial charge in [0.2, 0.25) is 5.91 Å². The third-order valence-corrected chi connectivity index (χ3v) is 8.15. The molecule has 1 amide bonds. The van der Waals surface area contributed by atoms with Crippen molar-refractivity contribution in [3.8, 4) is 5.75 Å². The maximum absolute atomic E-state index is 13.9. The highest BCUT2D eigenvalue weighted by molar-refractivity contribution is 6.26. The van der Waals surface area contributed by atoms with Crippen molar-refractivity contribution in [3.63, 3.8) is 0 Å². The second-order valence-electron chi connectivity index (χ2n) is 10.5. The van der Waals surface area contributed by atoms with E-state index in [1.807, 2.05) is 0 Å². The van der Waals surface area contributed by atoms with Gasteiger partial charge in [-0.3, -0.25) is 19.2 Å². The predicted octanol–water partition coefficient (Wildman–Crippen LogP) is -1.49. The third kappa shape index (κ3) is 3.57. The highest BCUT2D eigenvalue weighted by atomic mass is 16.5. The number of fused-ring (bicyclic) bond motifs is 3. The lowest BCUT2D eigenvalue weighted by molar-refractivity contribution is -0.190. The van der Waals surface area contributed by atoms with Crippen LogP contribution < -0.4 is 10.6 Å². The van der Waals surface area contributed by atoms with Crippen LogP contribution in [0, 0.1) is 23.7 Å². The highest BCUT2D eigenvalue weighted by Gasteiger charge is 2.69. The maximum Gasteiger partial charge on any atom is 0.341 e. The van der Waals surface area contributed by atoms with Gasteiger partial charge in [0, 0.05) is 31.7 Å². The van der Waals surface area contributed by atoms with E-state index in [4.69, 9.17) is 10.5 Å². The lowest BCUT2D eigenvalue weighted by atomic mass is 9.52. The number of aliphatic hydroxyl groups is 2. The number of carbonyl (C=O) groups is 5. The first-order valence-corrected chi connectivity index (χ1v) is 11.8. The van der Waals surface area contributed by atoms with E-state index in [-0.39, 0.29) is 24.0 Å². The van der Waals surface area contributed by atoms with Gasteiger partial charge in [-0.1, -0.05) is 0 Å². The largest absolute Gasteiger partial charge is 0.506 e. The van der Waals surface area contributed by atoms with Crippen LogP contribution in [-0.2, 0) is 25.5 Å². The molecule has 0 saturated heterocycles. The van der Waals surface area contributed by atoms with Crippen molar-refractivity contribution in [1.82, 2.24) is 4.90 Å². The molecule has 4 rings (SSSR count). The summed E-state index contributed by atoms with van der Waals surface area (Å²) in [5.41, 5.74) is 2.99. The number of esters is 1. The summed E-state index contributed by atoms with van der Waals surface area (Å²) >= 11 is 0. The van der Waals surface area contributed by atoms with Crippen molar-refractivity contribution in [2.75, 3.05) is 40.2 Å². The summed E-state index contributed by atoms with van der Waals surface area (Å²) < 4.78 is 4.73. The second-order valence-corrected chi connectivity index (χ2v) is 10.5. The molecule has 37 heavy (non-hydrogen) atoms. The van der Waals surface area contributed by atoms with Crippen LogP contribution in [0.5, 0.6) is 5.75 Å². The number of methoxy groups -OCH3 is 1. The van der Waals surface area contributed by atoms with Gasteiger partial charge in [0.15, 0.2) is 23.0 Å². The first-order chi connectivity index (χ1) is 17.2. The maximum atomic E-state index is 13.9. The number of Topliss-reactive ketones (excluding diaryl/α,β-unsaturated/α-hetero) is 3. The molecule has 12 heteroatoms. The fourth-order valence-corrected chi connectivity index (χ4v) is 6.53. The number of anilines is 1. The summed E-state index contributed by atoms with van der Waals surface area (Å²) in [6.45, 7) is 0. The molecular formula is C25H31N3O9. The number of aliphatic hydroxyl groups excluding tert-OH is 1. The van der Waals surface area contributed by atoms with E-state index in [1.54, 1.807) is 33.1 Å². The lowest BCUT2D eigenvalue weighted by Crippen LogP contribution is -2.75. The van der Waals surface area contributed by atoms with Gasteiger partial charge in [-0.25, -0.2) is 4.79 Å². The van der Waals surface area contributed by atoms with E-state index in [0.717, 1.165) is 7.11 Å². The Labute approximate surface area is 213 Å². The number of phenols is 1. The van der Waals surface area contributed by atoms with Gasteiger partial charge in [-0.2, -0.15) is 0 Å². The van der Waals surface area contributed by atoms with Crippen molar-refractivity contribution in [1.29, 1.82) is 0 Å². The summed E-state index contributed by atoms with van der Waals surface area (Å²) in [6.07, 6.45) is -1.44. The zero-order valence-electron chi connectivity index (χ0n) is 21.2. The van der Waals surface area contributed by atoms with Crippen LogP contribution in [0.4, 0.5) is 5.69 Å². The van der Waals surface area contributed by atoms with Gasteiger partial charge in [0.25, 0.3) is 0 Å². The number of hydrogen-bond acceptors (Lipinski definition) is 11. The van der Waals surface area contributed by atoms with E-state index in [9.17, 15) is 39.3 Å². The van der Waals surface area contributed by atoms with E-state index >= 15 is 0 Å². The number of hydrogen-bond donors (Lipinski definition) is 4. The number of primary amides is 1. The zero-order valence-corrected chi connectivity index (χ0v) is 21.2. The molecule has 5 N–H and O–H groups in total. The normalized spacial score (nSPS) is 32.9. The Bertz CT molecular complexity index is 1230. The Balaban J connectivity index is 1.92. The van der Waals surface area contributed by atoms with Crippen LogP contribution >= 0.6 is 0 Å². The molecule has 200 valence electrons. The SMILES string of the molecule is COC(=O)c1cc(N(C)C)c2c(c1O)C(=O)C1C(=O)[C@@]3(O)C(=O)C(C(N)=O)C(O)C(N(C)C)[C@H]3C[C@H]1C2. The molecule has 1 aromatic carbocycles. The number of nitrogens with two attached hydrogens (primary N) is 1. The van der Waals surface area contributed by atoms with Gasteiger partial charge in [0.05, 0.1) is 24.7 Å². The number of amides is 1. The summed E-state index contributed by atoms with van der Waals surface area (Å²) in [7, 11) is 7.66. The number of ether oxygens (including phenoxy) is 1.